The molecule has 0 radical (unpaired) electrons. The molecule has 5 rings (SSSR count). The summed E-state index contributed by atoms with van der Waals surface area (Å²) in [6.45, 7) is 0.812. The van der Waals surface area contributed by atoms with Gasteiger partial charge >= 0.3 is 0 Å². The predicted octanol–water partition coefficient (Wildman–Crippen LogP) is 6.05. The first-order valence-electron chi connectivity index (χ1n) is 8.99. The van der Waals surface area contributed by atoms with Gasteiger partial charge in [0, 0.05) is 6.61 Å². The first-order chi connectivity index (χ1) is 12.4. The Morgan fingerprint density at radius 2 is 1.12 bits per heavy atom. The fraction of sp³-hybridized carbons (Fsp3) is 0.167. The van der Waals surface area contributed by atoms with Crippen LogP contribution >= 0.6 is 0 Å². The SMILES string of the molecule is c1ccc2c(C3(c4cccc5ccccc45)CCCO3)cccc2c1. The maximum Gasteiger partial charge on any atom is 0.119 e. The molecule has 0 unspecified atom stereocenters. The van der Waals surface area contributed by atoms with E-state index in [2.05, 4.69) is 84.9 Å². The van der Waals surface area contributed by atoms with Crippen molar-refractivity contribution in [1.29, 1.82) is 0 Å². The third kappa shape index (κ3) is 2.20. The fourth-order valence-electron chi connectivity index (χ4n) is 4.36. The van der Waals surface area contributed by atoms with Gasteiger partial charge in [-0.1, -0.05) is 84.9 Å². The minimum atomic E-state index is -0.359. The topological polar surface area (TPSA) is 9.23 Å². The quantitative estimate of drug-likeness (QED) is 0.436. The van der Waals surface area contributed by atoms with Crippen molar-refractivity contribution < 1.29 is 4.74 Å². The summed E-state index contributed by atoms with van der Waals surface area (Å²) in [7, 11) is 0. The highest BCUT2D eigenvalue weighted by atomic mass is 16.5. The van der Waals surface area contributed by atoms with Crippen molar-refractivity contribution >= 4 is 21.5 Å². The Kier molecular flexibility index (Phi) is 3.36. The molecule has 0 N–H and O–H groups in total. The zero-order chi connectivity index (χ0) is 16.7. The molecule has 25 heavy (non-hydrogen) atoms. The van der Waals surface area contributed by atoms with Crippen LogP contribution in [0.15, 0.2) is 84.9 Å². The molecule has 0 aliphatic carbocycles. The summed E-state index contributed by atoms with van der Waals surface area (Å²) in [5.41, 5.74) is 2.22. The summed E-state index contributed by atoms with van der Waals surface area (Å²) >= 11 is 0. The zero-order valence-corrected chi connectivity index (χ0v) is 14.1. The lowest BCUT2D eigenvalue weighted by Crippen LogP contribution is -2.27. The van der Waals surface area contributed by atoms with E-state index in [4.69, 9.17) is 4.74 Å². The highest BCUT2D eigenvalue weighted by Crippen LogP contribution is 2.46. The summed E-state index contributed by atoms with van der Waals surface area (Å²) in [6.07, 6.45) is 2.11. The van der Waals surface area contributed by atoms with E-state index < -0.39 is 0 Å². The van der Waals surface area contributed by atoms with Crippen LogP contribution in [0.3, 0.4) is 0 Å². The lowest BCUT2D eigenvalue weighted by Gasteiger charge is -2.32. The second-order valence-electron chi connectivity index (χ2n) is 6.83. The molecule has 1 heteroatoms. The van der Waals surface area contributed by atoms with Gasteiger partial charge in [0.25, 0.3) is 0 Å². The molecule has 0 aromatic heterocycles. The van der Waals surface area contributed by atoms with Gasteiger partial charge in [0.2, 0.25) is 0 Å². The molecule has 1 aliphatic heterocycles. The number of ether oxygens (including phenoxy) is 1. The summed E-state index contributed by atoms with van der Waals surface area (Å²) in [5, 5.41) is 5.13. The molecule has 0 saturated carbocycles. The van der Waals surface area contributed by atoms with Crippen molar-refractivity contribution in [1.82, 2.24) is 0 Å². The number of rotatable bonds is 2. The monoisotopic (exact) mass is 324 g/mol. The van der Waals surface area contributed by atoms with E-state index >= 15 is 0 Å². The molecule has 4 aromatic rings. The normalized spacial score (nSPS) is 16.5. The van der Waals surface area contributed by atoms with E-state index in [0.717, 1.165) is 19.4 Å². The standard InChI is InChI=1S/C24H20O/c1-3-12-20-18(8-1)10-5-14-22(20)24(16-7-17-25-24)23-15-6-11-19-9-2-4-13-21(19)23/h1-6,8-15H,7,16-17H2. The van der Waals surface area contributed by atoms with Crippen molar-refractivity contribution in [3.05, 3.63) is 96.1 Å². The van der Waals surface area contributed by atoms with E-state index in [1.807, 2.05) is 0 Å². The molecule has 1 saturated heterocycles. The first-order valence-corrected chi connectivity index (χ1v) is 8.99. The molecule has 1 aliphatic rings. The third-order valence-corrected chi connectivity index (χ3v) is 5.47. The summed E-state index contributed by atoms with van der Waals surface area (Å²) in [4.78, 5) is 0. The van der Waals surface area contributed by atoms with Crippen LogP contribution < -0.4 is 0 Å². The molecule has 0 spiro atoms. The molecule has 0 atom stereocenters. The smallest absolute Gasteiger partial charge is 0.119 e. The highest BCUT2D eigenvalue weighted by Gasteiger charge is 2.40. The summed E-state index contributed by atoms with van der Waals surface area (Å²) in [5.74, 6) is 0. The van der Waals surface area contributed by atoms with Crippen LogP contribution in [-0.4, -0.2) is 6.61 Å². The van der Waals surface area contributed by atoms with Gasteiger partial charge in [0.15, 0.2) is 0 Å². The summed E-state index contributed by atoms with van der Waals surface area (Å²) < 4.78 is 6.53. The lowest BCUT2D eigenvalue weighted by molar-refractivity contribution is 0.0384. The van der Waals surface area contributed by atoms with Gasteiger partial charge in [0.05, 0.1) is 0 Å². The van der Waals surface area contributed by atoms with Gasteiger partial charge in [-0.05, 0) is 45.5 Å². The van der Waals surface area contributed by atoms with Crippen LogP contribution in [-0.2, 0) is 10.3 Å². The molecular formula is C24H20O. The molecular weight excluding hydrogens is 304 g/mol. The number of fused-ring (bicyclic) bond motifs is 2. The maximum absolute atomic E-state index is 6.53. The van der Waals surface area contributed by atoms with Crippen LogP contribution in [0.1, 0.15) is 24.0 Å². The molecule has 122 valence electrons. The van der Waals surface area contributed by atoms with Gasteiger partial charge in [0.1, 0.15) is 5.60 Å². The Bertz CT molecular complexity index is 966. The molecule has 1 heterocycles. The van der Waals surface area contributed by atoms with E-state index in [9.17, 15) is 0 Å². The zero-order valence-electron chi connectivity index (χ0n) is 14.1. The van der Waals surface area contributed by atoms with Crippen LogP contribution in [0, 0.1) is 0 Å². The van der Waals surface area contributed by atoms with Crippen LogP contribution in [0.4, 0.5) is 0 Å². The lowest BCUT2D eigenvalue weighted by atomic mass is 9.79. The van der Waals surface area contributed by atoms with Crippen molar-refractivity contribution in [2.75, 3.05) is 6.61 Å². The Hall–Kier alpha value is -2.64. The minimum absolute atomic E-state index is 0.359. The van der Waals surface area contributed by atoms with Gasteiger partial charge in [-0.2, -0.15) is 0 Å². The molecule has 0 bridgehead atoms. The Morgan fingerprint density at radius 1 is 0.600 bits per heavy atom. The first kappa shape index (κ1) is 14.7. The largest absolute Gasteiger partial charge is 0.365 e. The van der Waals surface area contributed by atoms with Gasteiger partial charge in [-0.3, -0.25) is 0 Å². The predicted molar refractivity (Wildman–Crippen MR) is 104 cm³/mol. The Balaban J connectivity index is 1.85. The number of benzene rings is 4. The van der Waals surface area contributed by atoms with Gasteiger partial charge in [-0.15, -0.1) is 0 Å². The molecule has 0 amide bonds. The van der Waals surface area contributed by atoms with Gasteiger partial charge < -0.3 is 4.74 Å². The average Bonchev–Trinajstić information content (AvgIpc) is 3.18. The maximum atomic E-state index is 6.53. The Labute approximate surface area is 147 Å². The minimum Gasteiger partial charge on any atom is -0.365 e. The average molecular weight is 324 g/mol. The molecule has 4 aromatic carbocycles. The van der Waals surface area contributed by atoms with E-state index in [-0.39, 0.29) is 5.60 Å². The van der Waals surface area contributed by atoms with E-state index in [1.165, 1.54) is 32.7 Å². The second kappa shape index (κ2) is 5.72. The number of hydrogen-bond donors (Lipinski definition) is 0. The van der Waals surface area contributed by atoms with Crippen molar-refractivity contribution in [3.8, 4) is 0 Å². The second-order valence-corrected chi connectivity index (χ2v) is 6.83. The highest BCUT2D eigenvalue weighted by molar-refractivity contribution is 5.90. The molecule has 1 fully saturated rings. The third-order valence-electron chi connectivity index (χ3n) is 5.47. The fourth-order valence-corrected chi connectivity index (χ4v) is 4.36. The molecule has 1 nitrogen and oxygen atoms in total. The van der Waals surface area contributed by atoms with E-state index in [0.29, 0.717) is 0 Å². The van der Waals surface area contributed by atoms with Crippen LogP contribution in [0.5, 0.6) is 0 Å². The van der Waals surface area contributed by atoms with Crippen LogP contribution in [0.25, 0.3) is 21.5 Å². The Morgan fingerprint density at radius 3 is 1.64 bits per heavy atom. The summed E-state index contributed by atoms with van der Waals surface area (Å²) in [6, 6.07) is 30.4. The van der Waals surface area contributed by atoms with Crippen molar-refractivity contribution in [3.63, 3.8) is 0 Å². The number of hydrogen-bond acceptors (Lipinski definition) is 1. The van der Waals surface area contributed by atoms with Crippen molar-refractivity contribution in [2.45, 2.75) is 18.4 Å². The van der Waals surface area contributed by atoms with Crippen LogP contribution in [0.2, 0.25) is 0 Å². The van der Waals surface area contributed by atoms with E-state index in [1.54, 1.807) is 0 Å². The van der Waals surface area contributed by atoms with Crippen molar-refractivity contribution in [2.24, 2.45) is 0 Å². The van der Waals surface area contributed by atoms with Gasteiger partial charge in [-0.25, -0.2) is 0 Å².